The topological polar surface area (TPSA) is 38.5 Å². The molecule has 0 amide bonds. The summed E-state index contributed by atoms with van der Waals surface area (Å²) in [4.78, 5) is 2.63. The molecule has 3 rings (SSSR count). The summed E-state index contributed by atoms with van der Waals surface area (Å²) in [6, 6.07) is 9.86. The molecular weight excluding hydrogens is 236 g/mol. The number of hydrogen-bond donors (Lipinski definition) is 1. The van der Waals surface area contributed by atoms with E-state index >= 15 is 0 Å². The van der Waals surface area contributed by atoms with Gasteiger partial charge in [-0.25, -0.2) is 0 Å². The van der Waals surface area contributed by atoms with Gasteiger partial charge in [-0.2, -0.15) is 0 Å². The summed E-state index contributed by atoms with van der Waals surface area (Å²) < 4.78 is 5.78. The third-order valence-corrected chi connectivity index (χ3v) is 5.01. The summed E-state index contributed by atoms with van der Waals surface area (Å²) in [7, 11) is 0. The first-order chi connectivity index (χ1) is 9.18. The second kappa shape index (κ2) is 5.14. The van der Waals surface area contributed by atoms with Crippen LogP contribution in [0.25, 0.3) is 0 Å². The largest absolute Gasteiger partial charge is 0.493 e. The monoisotopic (exact) mass is 260 g/mol. The standard InChI is InChI=1S/C16H24N2O/c1-11-12(2)18(9-7-14(11)17)15-8-10-19-16-6-4-3-5-13(15)16/h3-6,11-12,14-15H,7-10,17H2,1-2H3. The number of rotatable bonds is 1. The van der Waals surface area contributed by atoms with Crippen LogP contribution < -0.4 is 10.5 Å². The van der Waals surface area contributed by atoms with Gasteiger partial charge in [-0.15, -0.1) is 0 Å². The van der Waals surface area contributed by atoms with Crippen molar-refractivity contribution in [3.63, 3.8) is 0 Å². The van der Waals surface area contributed by atoms with Crippen molar-refractivity contribution in [1.29, 1.82) is 0 Å². The normalized spacial score (nSPS) is 35.5. The van der Waals surface area contributed by atoms with Crippen molar-refractivity contribution in [3.8, 4) is 5.75 Å². The van der Waals surface area contributed by atoms with Gasteiger partial charge in [-0.1, -0.05) is 25.1 Å². The zero-order valence-electron chi connectivity index (χ0n) is 11.9. The Bertz CT molecular complexity index is 448. The molecule has 2 aliphatic rings. The molecule has 4 atom stereocenters. The van der Waals surface area contributed by atoms with Crippen molar-refractivity contribution in [3.05, 3.63) is 29.8 Å². The summed E-state index contributed by atoms with van der Waals surface area (Å²) >= 11 is 0. The van der Waals surface area contributed by atoms with E-state index in [1.54, 1.807) is 0 Å². The van der Waals surface area contributed by atoms with E-state index < -0.39 is 0 Å². The Kier molecular flexibility index (Phi) is 3.50. The van der Waals surface area contributed by atoms with Crippen LogP contribution in [0.4, 0.5) is 0 Å². The highest BCUT2D eigenvalue weighted by Gasteiger charge is 2.36. The molecule has 3 heteroatoms. The molecule has 0 aromatic heterocycles. The number of hydrogen-bond acceptors (Lipinski definition) is 3. The van der Waals surface area contributed by atoms with Gasteiger partial charge in [0.05, 0.1) is 6.61 Å². The van der Waals surface area contributed by atoms with Crippen molar-refractivity contribution < 1.29 is 4.74 Å². The van der Waals surface area contributed by atoms with Crippen LogP contribution in [0.2, 0.25) is 0 Å². The van der Waals surface area contributed by atoms with Crippen molar-refractivity contribution in [2.24, 2.45) is 11.7 Å². The third-order valence-electron chi connectivity index (χ3n) is 5.01. The second-order valence-corrected chi connectivity index (χ2v) is 5.98. The maximum Gasteiger partial charge on any atom is 0.124 e. The molecule has 0 bridgehead atoms. The molecule has 0 radical (unpaired) electrons. The molecule has 4 unspecified atom stereocenters. The van der Waals surface area contributed by atoms with Gasteiger partial charge < -0.3 is 10.5 Å². The summed E-state index contributed by atoms with van der Waals surface area (Å²) in [5.74, 6) is 1.62. The van der Waals surface area contributed by atoms with E-state index in [-0.39, 0.29) is 0 Å². The van der Waals surface area contributed by atoms with Crippen LogP contribution in [0, 0.1) is 5.92 Å². The van der Waals surface area contributed by atoms with Gasteiger partial charge in [-0.3, -0.25) is 4.90 Å². The van der Waals surface area contributed by atoms with Crippen LogP contribution in [0.5, 0.6) is 5.75 Å². The molecular formula is C16H24N2O. The van der Waals surface area contributed by atoms with Crippen LogP contribution in [0.1, 0.15) is 38.3 Å². The Hall–Kier alpha value is -1.06. The highest BCUT2D eigenvalue weighted by Crippen LogP contribution is 2.39. The van der Waals surface area contributed by atoms with Gasteiger partial charge in [0, 0.05) is 36.7 Å². The first-order valence-electron chi connectivity index (χ1n) is 7.41. The van der Waals surface area contributed by atoms with Crippen LogP contribution in [0.3, 0.4) is 0 Å². The molecule has 3 nitrogen and oxygen atoms in total. The molecule has 2 N–H and O–H groups in total. The Balaban J connectivity index is 1.87. The lowest BCUT2D eigenvalue weighted by Gasteiger charge is -2.46. The lowest BCUT2D eigenvalue weighted by atomic mass is 9.85. The number of fused-ring (bicyclic) bond motifs is 1. The van der Waals surface area contributed by atoms with Gasteiger partial charge in [-0.05, 0) is 25.3 Å². The number of ether oxygens (including phenoxy) is 1. The number of para-hydroxylation sites is 1. The molecule has 104 valence electrons. The Morgan fingerprint density at radius 3 is 2.84 bits per heavy atom. The fourth-order valence-electron chi connectivity index (χ4n) is 3.53. The van der Waals surface area contributed by atoms with Crippen molar-refractivity contribution in [2.45, 2.75) is 44.8 Å². The maximum absolute atomic E-state index is 6.20. The van der Waals surface area contributed by atoms with Crippen LogP contribution in [-0.4, -0.2) is 30.1 Å². The van der Waals surface area contributed by atoms with Gasteiger partial charge in [0.15, 0.2) is 0 Å². The number of nitrogens with zero attached hydrogens (tertiary/aromatic N) is 1. The van der Waals surface area contributed by atoms with Crippen LogP contribution in [-0.2, 0) is 0 Å². The first-order valence-corrected chi connectivity index (χ1v) is 7.41. The summed E-state index contributed by atoms with van der Waals surface area (Å²) in [6.45, 7) is 6.53. The quantitative estimate of drug-likeness (QED) is 0.843. The minimum Gasteiger partial charge on any atom is -0.493 e. The molecule has 1 fully saturated rings. The van der Waals surface area contributed by atoms with E-state index in [9.17, 15) is 0 Å². The van der Waals surface area contributed by atoms with Gasteiger partial charge in [0.1, 0.15) is 5.75 Å². The van der Waals surface area contributed by atoms with Gasteiger partial charge in [0.2, 0.25) is 0 Å². The fraction of sp³-hybridized carbons (Fsp3) is 0.625. The van der Waals surface area contributed by atoms with Crippen LogP contribution in [0.15, 0.2) is 24.3 Å². The molecule has 2 heterocycles. The fourth-order valence-corrected chi connectivity index (χ4v) is 3.53. The van der Waals surface area contributed by atoms with Crippen molar-refractivity contribution >= 4 is 0 Å². The first kappa shape index (κ1) is 12.9. The molecule has 2 aliphatic heterocycles. The summed E-state index contributed by atoms with van der Waals surface area (Å²) in [6.07, 6.45) is 2.19. The molecule has 0 aliphatic carbocycles. The number of benzene rings is 1. The van der Waals surface area contributed by atoms with E-state index in [4.69, 9.17) is 10.5 Å². The van der Waals surface area contributed by atoms with Gasteiger partial charge >= 0.3 is 0 Å². The van der Waals surface area contributed by atoms with E-state index in [0.717, 1.165) is 31.7 Å². The SMILES string of the molecule is CC1C(N)CCN(C2CCOc3ccccc32)C1C. The lowest BCUT2D eigenvalue weighted by molar-refractivity contribution is 0.0372. The lowest BCUT2D eigenvalue weighted by Crippen LogP contribution is -2.53. The Morgan fingerprint density at radius 2 is 2.00 bits per heavy atom. The van der Waals surface area contributed by atoms with E-state index in [1.807, 2.05) is 0 Å². The molecule has 0 saturated carbocycles. The second-order valence-electron chi connectivity index (χ2n) is 5.98. The zero-order chi connectivity index (χ0) is 13.4. The Morgan fingerprint density at radius 1 is 1.21 bits per heavy atom. The van der Waals surface area contributed by atoms with E-state index in [0.29, 0.717) is 24.0 Å². The third kappa shape index (κ3) is 2.26. The highest BCUT2D eigenvalue weighted by atomic mass is 16.5. The van der Waals surface area contributed by atoms with E-state index in [1.165, 1.54) is 5.56 Å². The summed E-state index contributed by atoms with van der Waals surface area (Å²) in [5.41, 5.74) is 7.55. The molecule has 1 aromatic rings. The van der Waals surface area contributed by atoms with Crippen molar-refractivity contribution in [1.82, 2.24) is 4.90 Å². The average Bonchev–Trinajstić information content (AvgIpc) is 2.45. The Labute approximate surface area is 115 Å². The predicted molar refractivity (Wildman–Crippen MR) is 77.2 cm³/mol. The molecule has 0 spiro atoms. The summed E-state index contributed by atoms with van der Waals surface area (Å²) in [5, 5.41) is 0. The van der Waals surface area contributed by atoms with Gasteiger partial charge in [0.25, 0.3) is 0 Å². The molecule has 1 aromatic carbocycles. The molecule has 1 saturated heterocycles. The number of likely N-dealkylation sites (tertiary alicyclic amines) is 1. The molecule has 19 heavy (non-hydrogen) atoms. The minimum atomic E-state index is 0.348. The van der Waals surface area contributed by atoms with Crippen LogP contribution >= 0.6 is 0 Å². The zero-order valence-corrected chi connectivity index (χ0v) is 11.9. The van der Waals surface area contributed by atoms with E-state index in [2.05, 4.69) is 43.0 Å². The number of nitrogens with two attached hydrogens (primary N) is 1. The van der Waals surface area contributed by atoms with Crippen molar-refractivity contribution in [2.75, 3.05) is 13.2 Å². The minimum absolute atomic E-state index is 0.348. The maximum atomic E-state index is 6.20. The highest BCUT2D eigenvalue weighted by molar-refractivity contribution is 5.37. The smallest absolute Gasteiger partial charge is 0.124 e. The number of piperidine rings is 1. The predicted octanol–water partition coefficient (Wildman–Crippen LogP) is 2.57. The average molecular weight is 260 g/mol.